The van der Waals surface area contributed by atoms with Crippen LogP contribution in [0.5, 0.6) is 0 Å². The Kier molecular flexibility index (Phi) is 4.40. The van der Waals surface area contributed by atoms with E-state index in [0.717, 1.165) is 25.9 Å². The Hall–Kier alpha value is -0.610. The summed E-state index contributed by atoms with van der Waals surface area (Å²) in [7, 11) is 1.80. The largest absolute Gasteiger partial charge is 0.481 e. The van der Waals surface area contributed by atoms with Gasteiger partial charge in [-0.2, -0.15) is 0 Å². The first-order valence-corrected chi connectivity index (χ1v) is 6.67. The van der Waals surface area contributed by atoms with Gasteiger partial charge in [-0.15, -0.1) is 0 Å². The van der Waals surface area contributed by atoms with Gasteiger partial charge in [-0.05, 0) is 44.6 Å². The molecule has 0 aromatic rings. The topological polar surface area (TPSA) is 49.8 Å². The molecule has 0 aromatic heterocycles. The Bertz CT molecular complexity index is 269. The van der Waals surface area contributed by atoms with E-state index < -0.39 is 5.97 Å². The fourth-order valence-electron chi connectivity index (χ4n) is 3.27. The lowest BCUT2D eigenvalue weighted by molar-refractivity contribution is -0.138. The number of carboxylic acid groups (broad SMARTS) is 1. The summed E-state index contributed by atoms with van der Waals surface area (Å²) in [5.41, 5.74) is 0. The number of hydrogen-bond acceptors (Lipinski definition) is 3. The molecule has 2 aliphatic rings. The maximum absolute atomic E-state index is 10.7. The standard InChI is InChI=1S/C13H23NO3/c1-17-12-4-2-3-11(8-12)14-6-5-10(9-14)7-13(15)16/h10-12H,2-9H2,1H3,(H,15,16). The summed E-state index contributed by atoms with van der Waals surface area (Å²) in [6.45, 7) is 2.03. The van der Waals surface area contributed by atoms with Gasteiger partial charge in [0.05, 0.1) is 6.10 Å². The SMILES string of the molecule is COC1CCCC(N2CCC(CC(=O)O)C2)C1. The van der Waals surface area contributed by atoms with Gasteiger partial charge in [0.25, 0.3) is 0 Å². The second kappa shape index (κ2) is 5.83. The van der Waals surface area contributed by atoms with Crippen molar-refractivity contribution in [3.8, 4) is 0 Å². The van der Waals surface area contributed by atoms with Crippen molar-refractivity contribution in [1.29, 1.82) is 0 Å². The minimum absolute atomic E-state index is 0.330. The first kappa shape index (κ1) is 12.8. The van der Waals surface area contributed by atoms with Crippen LogP contribution in [0.1, 0.15) is 38.5 Å². The Labute approximate surface area is 103 Å². The van der Waals surface area contributed by atoms with Crippen LogP contribution in [0.4, 0.5) is 0 Å². The lowest BCUT2D eigenvalue weighted by Gasteiger charge is -2.34. The molecule has 1 N–H and O–H groups in total. The normalized spacial score (nSPS) is 35.0. The van der Waals surface area contributed by atoms with E-state index in [-0.39, 0.29) is 0 Å². The molecule has 1 saturated carbocycles. The highest BCUT2D eigenvalue weighted by molar-refractivity contribution is 5.67. The molecule has 1 aliphatic carbocycles. The van der Waals surface area contributed by atoms with Gasteiger partial charge in [0.1, 0.15) is 0 Å². The molecule has 2 fully saturated rings. The quantitative estimate of drug-likeness (QED) is 0.814. The Balaban J connectivity index is 1.81. The van der Waals surface area contributed by atoms with Gasteiger partial charge in [-0.1, -0.05) is 0 Å². The zero-order valence-corrected chi connectivity index (χ0v) is 10.6. The molecule has 98 valence electrons. The molecule has 3 atom stereocenters. The van der Waals surface area contributed by atoms with Crippen molar-refractivity contribution < 1.29 is 14.6 Å². The van der Waals surface area contributed by atoms with E-state index in [1.807, 2.05) is 0 Å². The molecule has 1 aliphatic heterocycles. The van der Waals surface area contributed by atoms with Crippen LogP contribution < -0.4 is 0 Å². The van der Waals surface area contributed by atoms with Gasteiger partial charge in [-0.25, -0.2) is 0 Å². The van der Waals surface area contributed by atoms with Crippen LogP contribution in [-0.4, -0.2) is 48.3 Å². The highest BCUT2D eigenvalue weighted by Gasteiger charge is 2.32. The van der Waals surface area contributed by atoms with Crippen molar-refractivity contribution in [2.75, 3.05) is 20.2 Å². The first-order chi connectivity index (χ1) is 8.19. The number of aliphatic carboxylic acids is 1. The number of likely N-dealkylation sites (tertiary alicyclic amines) is 1. The molecule has 1 heterocycles. The van der Waals surface area contributed by atoms with Gasteiger partial charge >= 0.3 is 5.97 Å². The number of ether oxygens (including phenoxy) is 1. The molecule has 1 saturated heterocycles. The van der Waals surface area contributed by atoms with Crippen molar-refractivity contribution in [2.45, 2.75) is 50.7 Å². The van der Waals surface area contributed by atoms with Crippen molar-refractivity contribution in [3.63, 3.8) is 0 Å². The minimum atomic E-state index is -0.657. The molecule has 17 heavy (non-hydrogen) atoms. The van der Waals surface area contributed by atoms with E-state index in [1.165, 1.54) is 19.3 Å². The summed E-state index contributed by atoms with van der Waals surface area (Å²) in [6, 6.07) is 0.618. The zero-order valence-electron chi connectivity index (χ0n) is 10.6. The second-order valence-corrected chi connectivity index (χ2v) is 5.43. The summed E-state index contributed by atoms with van der Waals surface area (Å²) >= 11 is 0. The number of hydrogen-bond donors (Lipinski definition) is 1. The molecule has 4 heteroatoms. The fourth-order valence-corrected chi connectivity index (χ4v) is 3.27. The maximum atomic E-state index is 10.7. The highest BCUT2D eigenvalue weighted by Crippen LogP contribution is 2.29. The van der Waals surface area contributed by atoms with Crippen molar-refractivity contribution in [2.24, 2.45) is 5.92 Å². The molecule has 0 amide bonds. The molecule has 0 radical (unpaired) electrons. The molecule has 0 bridgehead atoms. The van der Waals surface area contributed by atoms with Gasteiger partial charge in [-0.3, -0.25) is 9.69 Å². The molecule has 2 rings (SSSR count). The average molecular weight is 241 g/mol. The Morgan fingerprint density at radius 1 is 1.41 bits per heavy atom. The Morgan fingerprint density at radius 3 is 2.94 bits per heavy atom. The number of methoxy groups -OCH3 is 1. The molecule has 0 aromatic carbocycles. The third-order valence-electron chi connectivity index (χ3n) is 4.23. The summed E-state index contributed by atoms with van der Waals surface area (Å²) in [6.07, 6.45) is 6.57. The van der Waals surface area contributed by atoms with Gasteiger partial charge in [0, 0.05) is 26.1 Å². The lowest BCUT2D eigenvalue weighted by Crippen LogP contribution is -2.39. The third kappa shape index (κ3) is 3.42. The second-order valence-electron chi connectivity index (χ2n) is 5.43. The third-order valence-corrected chi connectivity index (χ3v) is 4.23. The van der Waals surface area contributed by atoms with Crippen LogP contribution in [-0.2, 0) is 9.53 Å². The smallest absolute Gasteiger partial charge is 0.303 e. The number of rotatable bonds is 4. The first-order valence-electron chi connectivity index (χ1n) is 6.67. The molecule has 4 nitrogen and oxygen atoms in total. The summed E-state index contributed by atoms with van der Waals surface area (Å²) in [5.74, 6) is -0.300. The van der Waals surface area contributed by atoms with Crippen LogP contribution in [0.3, 0.4) is 0 Å². The van der Waals surface area contributed by atoms with E-state index in [2.05, 4.69) is 4.90 Å². The minimum Gasteiger partial charge on any atom is -0.481 e. The Morgan fingerprint density at radius 2 is 2.24 bits per heavy atom. The molecule has 0 spiro atoms. The maximum Gasteiger partial charge on any atom is 0.303 e. The van der Waals surface area contributed by atoms with Crippen molar-refractivity contribution >= 4 is 5.97 Å². The fraction of sp³-hybridized carbons (Fsp3) is 0.923. The van der Waals surface area contributed by atoms with Gasteiger partial charge in [0.15, 0.2) is 0 Å². The summed E-state index contributed by atoms with van der Waals surface area (Å²) < 4.78 is 5.45. The van der Waals surface area contributed by atoms with Crippen molar-refractivity contribution in [1.82, 2.24) is 4.90 Å². The number of carbonyl (C=O) groups is 1. The lowest BCUT2D eigenvalue weighted by atomic mass is 9.92. The highest BCUT2D eigenvalue weighted by atomic mass is 16.5. The molecular weight excluding hydrogens is 218 g/mol. The van der Waals surface area contributed by atoms with E-state index in [0.29, 0.717) is 24.5 Å². The number of nitrogens with zero attached hydrogens (tertiary/aromatic N) is 1. The van der Waals surface area contributed by atoms with Crippen LogP contribution >= 0.6 is 0 Å². The van der Waals surface area contributed by atoms with Crippen LogP contribution in [0, 0.1) is 5.92 Å². The van der Waals surface area contributed by atoms with E-state index >= 15 is 0 Å². The monoisotopic (exact) mass is 241 g/mol. The summed E-state index contributed by atoms with van der Waals surface area (Å²) in [4.78, 5) is 13.2. The predicted octanol–water partition coefficient (Wildman–Crippen LogP) is 1.74. The zero-order chi connectivity index (χ0) is 12.3. The van der Waals surface area contributed by atoms with Crippen LogP contribution in [0.2, 0.25) is 0 Å². The van der Waals surface area contributed by atoms with Gasteiger partial charge < -0.3 is 9.84 Å². The predicted molar refractivity (Wildman–Crippen MR) is 65.0 cm³/mol. The van der Waals surface area contributed by atoms with E-state index in [4.69, 9.17) is 9.84 Å². The summed E-state index contributed by atoms with van der Waals surface area (Å²) in [5, 5.41) is 8.81. The van der Waals surface area contributed by atoms with E-state index in [1.54, 1.807) is 7.11 Å². The number of carboxylic acids is 1. The molecule has 3 unspecified atom stereocenters. The average Bonchev–Trinajstić information content (AvgIpc) is 2.77. The van der Waals surface area contributed by atoms with E-state index in [9.17, 15) is 4.79 Å². The van der Waals surface area contributed by atoms with Gasteiger partial charge in [0.2, 0.25) is 0 Å². The molecular formula is C13H23NO3. The van der Waals surface area contributed by atoms with Crippen LogP contribution in [0.15, 0.2) is 0 Å². The van der Waals surface area contributed by atoms with Crippen molar-refractivity contribution in [3.05, 3.63) is 0 Å². The van der Waals surface area contributed by atoms with Crippen LogP contribution in [0.25, 0.3) is 0 Å².